The summed E-state index contributed by atoms with van der Waals surface area (Å²) in [7, 11) is 0. The highest BCUT2D eigenvalue weighted by Gasteiger charge is 2.13. The molecular formula is C19H17N3O2S. The zero-order valence-corrected chi connectivity index (χ0v) is 14.6. The number of benzene rings is 1. The monoisotopic (exact) mass is 351 g/mol. The molecule has 0 saturated carbocycles. The van der Waals surface area contributed by atoms with E-state index in [4.69, 9.17) is 9.26 Å². The van der Waals surface area contributed by atoms with Crippen LogP contribution in [0.4, 0.5) is 0 Å². The molecule has 0 saturated heterocycles. The number of rotatable bonds is 7. The Labute approximate surface area is 150 Å². The van der Waals surface area contributed by atoms with E-state index in [0.29, 0.717) is 18.0 Å². The van der Waals surface area contributed by atoms with Crippen LogP contribution >= 0.6 is 11.3 Å². The zero-order chi connectivity index (χ0) is 17.5. The fourth-order valence-corrected chi connectivity index (χ4v) is 2.79. The number of allylic oxidation sites excluding steroid dienone is 1. The van der Waals surface area contributed by atoms with E-state index in [1.54, 1.807) is 6.08 Å². The van der Waals surface area contributed by atoms with Crippen LogP contribution in [0, 0.1) is 11.3 Å². The number of hydrogen-bond donors (Lipinski definition) is 0. The number of hydrogen-bond acceptors (Lipinski definition) is 6. The molecule has 2 aromatic heterocycles. The Hall–Kier alpha value is -2.91. The van der Waals surface area contributed by atoms with Crippen molar-refractivity contribution in [3.63, 3.8) is 0 Å². The van der Waals surface area contributed by atoms with Gasteiger partial charge in [-0.05, 0) is 41.6 Å². The predicted molar refractivity (Wildman–Crippen MR) is 97.9 cm³/mol. The lowest BCUT2D eigenvalue weighted by Gasteiger charge is -2.05. The van der Waals surface area contributed by atoms with Crippen molar-refractivity contribution in [2.45, 2.75) is 19.8 Å². The summed E-state index contributed by atoms with van der Waals surface area (Å²) in [6.07, 6.45) is 3.86. The first-order chi connectivity index (χ1) is 12.3. The number of aromatic nitrogens is 2. The summed E-state index contributed by atoms with van der Waals surface area (Å²) in [6.45, 7) is 2.84. The predicted octanol–water partition coefficient (Wildman–Crippen LogP) is 5.04. The quantitative estimate of drug-likeness (QED) is 0.440. The maximum absolute atomic E-state index is 9.41. The van der Waals surface area contributed by atoms with Gasteiger partial charge in [-0.1, -0.05) is 36.7 Å². The lowest BCUT2D eigenvalue weighted by Crippen LogP contribution is -1.95. The summed E-state index contributed by atoms with van der Waals surface area (Å²) in [6, 6.07) is 13.5. The van der Waals surface area contributed by atoms with Gasteiger partial charge in [0, 0.05) is 0 Å². The Kier molecular flexibility index (Phi) is 5.60. The maximum atomic E-state index is 9.41. The molecule has 0 amide bonds. The van der Waals surface area contributed by atoms with Crippen molar-refractivity contribution in [3.8, 4) is 22.5 Å². The number of unbranched alkanes of at least 4 members (excludes halogenated alkanes) is 1. The van der Waals surface area contributed by atoms with Crippen LogP contribution in [0.2, 0.25) is 0 Å². The third-order valence-electron chi connectivity index (χ3n) is 3.48. The Balaban J connectivity index is 1.75. The summed E-state index contributed by atoms with van der Waals surface area (Å²) in [4.78, 5) is 5.21. The van der Waals surface area contributed by atoms with Crippen molar-refractivity contribution in [1.29, 1.82) is 5.26 Å². The van der Waals surface area contributed by atoms with E-state index in [1.807, 2.05) is 41.8 Å². The van der Waals surface area contributed by atoms with E-state index in [-0.39, 0.29) is 5.89 Å². The lowest BCUT2D eigenvalue weighted by molar-refractivity contribution is 0.309. The van der Waals surface area contributed by atoms with Gasteiger partial charge in [-0.3, -0.25) is 0 Å². The second kappa shape index (κ2) is 8.27. The lowest BCUT2D eigenvalue weighted by atomic mass is 10.1. The highest BCUT2D eigenvalue weighted by Crippen LogP contribution is 2.24. The van der Waals surface area contributed by atoms with Gasteiger partial charge in [0.25, 0.3) is 5.89 Å². The fourth-order valence-electron chi connectivity index (χ4n) is 2.14. The molecule has 0 radical (unpaired) electrons. The molecule has 2 heterocycles. The minimum Gasteiger partial charge on any atom is -0.494 e. The van der Waals surface area contributed by atoms with Gasteiger partial charge < -0.3 is 9.26 Å². The average molecular weight is 351 g/mol. The van der Waals surface area contributed by atoms with Gasteiger partial charge in [-0.25, -0.2) is 0 Å². The normalized spacial score (nSPS) is 11.3. The van der Waals surface area contributed by atoms with Crippen molar-refractivity contribution < 1.29 is 9.26 Å². The van der Waals surface area contributed by atoms with Crippen molar-refractivity contribution >= 4 is 23.0 Å². The van der Waals surface area contributed by atoms with E-state index >= 15 is 0 Å². The first kappa shape index (κ1) is 16.9. The number of nitrogens with zero attached hydrogens (tertiary/aromatic N) is 3. The average Bonchev–Trinajstić information content (AvgIpc) is 3.32. The van der Waals surface area contributed by atoms with Gasteiger partial charge in [-0.2, -0.15) is 10.2 Å². The summed E-state index contributed by atoms with van der Waals surface area (Å²) >= 11 is 1.52. The van der Waals surface area contributed by atoms with Crippen LogP contribution in [0.25, 0.3) is 22.4 Å². The van der Waals surface area contributed by atoms with Crippen LogP contribution < -0.4 is 4.74 Å². The van der Waals surface area contributed by atoms with Crippen LogP contribution in [0.5, 0.6) is 5.75 Å². The van der Waals surface area contributed by atoms with Crippen LogP contribution in [0.3, 0.4) is 0 Å². The molecule has 0 fully saturated rings. The number of nitriles is 1. The molecule has 0 aliphatic carbocycles. The van der Waals surface area contributed by atoms with E-state index in [0.717, 1.165) is 29.0 Å². The topological polar surface area (TPSA) is 71.9 Å². The Morgan fingerprint density at radius 3 is 2.84 bits per heavy atom. The van der Waals surface area contributed by atoms with E-state index in [9.17, 15) is 5.26 Å². The molecule has 0 atom stereocenters. The minimum absolute atomic E-state index is 0.217. The fraction of sp³-hybridized carbons (Fsp3) is 0.211. The molecule has 0 N–H and O–H groups in total. The van der Waals surface area contributed by atoms with Gasteiger partial charge in [0.15, 0.2) is 0 Å². The standard InChI is InChI=1S/C19H17N3O2S/c1-2-3-10-23-16-8-6-14(7-9-16)12-15(13-20)19-21-18(22-24-19)17-5-4-11-25-17/h4-9,11-12H,2-3,10H2,1H3/b15-12+. The molecular weight excluding hydrogens is 334 g/mol. The summed E-state index contributed by atoms with van der Waals surface area (Å²) in [5.74, 6) is 1.53. The summed E-state index contributed by atoms with van der Waals surface area (Å²) in [5.41, 5.74) is 1.20. The molecule has 0 unspecified atom stereocenters. The summed E-state index contributed by atoms with van der Waals surface area (Å²) in [5, 5.41) is 15.3. The molecule has 3 rings (SSSR count). The highest BCUT2D eigenvalue weighted by atomic mass is 32.1. The smallest absolute Gasteiger partial charge is 0.268 e. The Bertz CT molecular complexity index is 874. The van der Waals surface area contributed by atoms with Crippen molar-refractivity contribution in [3.05, 3.63) is 53.2 Å². The van der Waals surface area contributed by atoms with Crippen LogP contribution in [0.15, 0.2) is 46.3 Å². The van der Waals surface area contributed by atoms with Crippen LogP contribution in [-0.2, 0) is 0 Å². The van der Waals surface area contributed by atoms with Gasteiger partial charge in [0.05, 0.1) is 11.5 Å². The second-order valence-corrected chi connectivity index (χ2v) is 6.29. The maximum Gasteiger partial charge on any atom is 0.268 e. The molecule has 6 heteroatoms. The zero-order valence-electron chi connectivity index (χ0n) is 13.8. The molecule has 0 spiro atoms. The first-order valence-corrected chi connectivity index (χ1v) is 8.90. The molecule has 25 heavy (non-hydrogen) atoms. The highest BCUT2D eigenvalue weighted by molar-refractivity contribution is 7.13. The van der Waals surface area contributed by atoms with Gasteiger partial charge in [-0.15, -0.1) is 11.3 Å². The van der Waals surface area contributed by atoms with Crippen LogP contribution in [0.1, 0.15) is 31.2 Å². The van der Waals surface area contributed by atoms with E-state index < -0.39 is 0 Å². The third kappa shape index (κ3) is 4.34. The molecule has 0 aliphatic heterocycles. The third-order valence-corrected chi connectivity index (χ3v) is 4.34. The molecule has 0 bridgehead atoms. The van der Waals surface area contributed by atoms with Gasteiger partial charge >= 0.3 is 0 Å². The van der Waals surface area contributed by atoms with E-state index in [1.165, 1.54) is 11.3 Å². The Morgan fingerprint density at radius 1 is 1.32 bits per heavy atom. The molecule has 126 valence electrons. The van der Waals surface area contributed by atoms with Crippen molar-refractivity contribution in [2.75, 3.05) is 6.61 Å². The second-order valence-electron chi connectivity index (χ2n) is 5.34. The minimum atomic E-state index is 0.217. The first-order valence-electron chi connectivity index (χ1n) is 8.02. The van der Waals surface area contributed by atoms with Gasteiger partial charge in [0.2, 0.25) is 5.82 Å². The molecule has 1 aromatic carbocycles. The van der Waals surface area contributed by atoms with Crippen molar-refractivity contribution in [2.24, 2.45) is 0 Å². The SMILES string of the molecule is CCCCOc1ccc(/C=C(\C#N)c2nc(-c3cccs3)no2)cc1. The van der Waals surface area contributed by atoms with Gasteiger partial charge in [0.1, 0.15) is 17.4 Å². The van der Waals surface area contributed by atoms with Crippen molar-refractivity contribution in [1.82, 2.24) is 10.1 Å². The van der Waals surface area contributed by atoms with Crippen LogP contribution in [-0.4, -0.2) is 16.7 Å². The largest absolute Gasteiger partial charge is 0.494 e. The summed E-state index contributed by atoms with van der Waals surface area (Å²) < 4.78 is 10.9. The van der Waals surface area contributed by atoms with E-state index in [2.05, 4.69) is 23.1 Å². The molecule has 5 nitrogen and oxygen atoms in total. The molecule has 3 aromatic rings. The number of ether oxygens (including phenoxy) is 1. The number of thiophene rings is 1. The Morgan fingerprint density at radius 2 is 2.16 bits per heavy atom. The molecule has 0 aliphatic rings.